The lowest BCUT2D eigenvalue weighted by Gasteiger charge is -2.34. The second-order valence-corrected chi connectivity index (χ2v) is 7.16. The van der Waals surface area contributed by atoms with E-state index in [-0.39, 0.29) is 11.7 Å². The molecule has 2 aromatic rings. The predicted molar refractivity (Wildman–Crippen MR) is 104 cm³/mol. The first-order chi connectivity index (χ1) is 12.4. The van der Waals surface area contributed by atoms with Crippen LogP contribution in [0, 0.1) is 20.8 Å². The van der Waals surface area contributed by atoms with Crippen LogP contribution >= 0.6 is 0 Å². The van der Waals surface area contributed by atoms with Gasteiger partial charge in [-0.25, -0.2) is 0 Å². The maximum atomic E-state index is 12.6. The van der Waals surface area contributed by atoms with E-state index in [1.807, 2.05) is 68.1 Å². The molecule has 1 amide bonds. The summed E-state index contributed by atoms with van der Waals surface area (Å²) < 4.78 is 0. The van der Waals surface area contributed by atoms with Crippen molar-refractivity contribution >= 4 is 11.7 Å². The van der Waals surface area contributed by atoms with Crippen LogP contribution in [0.5, 0.6) is 0 Å². The van der Waals surface area contributed by atoms with E-state index in [1.165, 1.54) is 5.56 Å². The van der Waals surface area contributed by atoms with E-state index in [1.54, 1.807) is 0 Å². The number of aryl methyl sites for hydroxylation is 3. The third-order valence-electron chi connectivity index (χ3n) is 5.15. The highest BCUT2D eigenvalue weighted by molar-refractivity contribution is 5.98. The van der Waals surface area contributed by atoms with E-state index < -0.39 is 0 Å². The fourth-order valence-electron chi connectivity index (χ4n) is 3.20. The minimum absolute atomic E-state index is 0.0742. The second-order valence-electron chi connectivity index (χ2n) is 7.16. The summed E-state index contributed by atoms with van der Waals surface area (Å²) >= 11 is 0. The van der Waals surface area contributed by atoms with Crippen molar-refractivity contribution in [3.8, 4) is 0 Å². The van der Waals surface area contributed by atoms with E-state index in [0.717, 1.165) is 35.3 Å². The van der Waals surface area contributed by atoms with Crippen LogP contribution in [0.2, 0.25) is 0 Å². The highest BCUT2D eigenvalue weighted by Crippen LogP contribution is 2.13. The van der Waals surface area contributed by atoms with Gasteiger partial charge in [-0.05, 0) is 50.1 Å². The van der Waals surface area contributed by atoms with Gasteiger partial charge in [0.1, 0.15) is 0 Å². The number of ketones is 1. The molecule has 1 fully saturated rings. The van der Waals surface area contributed by atoms with Gasteiger partial charge in [0, 0.05) is 37.3 Å². The molecule has 0 aliphatic carbocycles. The molecule has 4 heteroatoms. The molecule has 0 radical (unpaired) electrons. The van der Waals surface area contributed by atoms with Crippen LogP contribution in [-0.4, -0.2) is 54.2 Å². The Hall–Kier alpha value is -2.46. The van der Waals surface area contributed by atoms with Crippen molar-refractivity contribution < 1.29 is 9.59 Å². The van der Waals surface area contributed by atoms with Gasteiger partial charge in [-0.15, -0.1) is 0 Å². The summed E-state index contributed by atoms with van der Waals surface area (Å²) in [6.07, 6.45) is 0. The van der Waals surface area contributed by atoms with Crippen molar-refractivity contribution in [2.75, 3.05) is 32.7 Å². The Kier molecular flexibility index (Phi) is 5.52. The number of Topliss-reactive ketones (excluding diaryl/α,β-unsaturated/α-hetero) is 1. The fourth-order valence-corrected chi connectivity index (χ4v) is 3.20. The zero-order chi connectivity index (χ0) is 18.7. The summed E-state index contributed by atoms with van der Waals surface area (Å²) in [6.45, 7) is 9.28. The third-order valence-corrected chi connectivity index (χ3v) is 5.15. The third kappa shape index (κ3) is 4.20. The van der Waals surface area contributed by atoms with Crippen molar-refractivity contribution in [1.82, 2.24) is 9.80 Å². The number of carbonyl (C=O) groups excluding carboxylic acids is 2. The zero-order valence-corrected chi connectivity index (χ0v) is 15.8. The number of piperazine rings is 1. The summed E-state index contributed by atoms with van der Waals surface area (Å²) in [5.41, 5.74) is 4.99. The summed E-state index contributed by atoms with van der Waals surface area (Å²) in [5.74, 6) is 0.219. The van der Waals surface area contributed by atoms with E-state index in [0.29, 0.717) is 19.6 Å². The molecule has 0 N–H and O–H groups in total. The monoisotopic (exact) mass is 350 g/mol. The number of benzene rings is 2. The van der Waals surface area contributed by atoms with Gasteiger partial charge in [0.15, 0.2) is 5.78 Å². The molecule has 26 heavy (non-hydrogen) atoms. The largest absolute Gasteiger partial charge is 0.336 e. The van der Waals surface area contributed by atoms with Gasteiger partial charge in [0.2, 0.25) is 0 Å². The first-order valence-corrected chi connectivity index (χ1v) is 9.13. The standard InChI is InChI=1S/C22H26N2O2/c1-16-4-7-19(8-5-16)22(26)24-12-10-23(11-13-24)15-21(25)20-9-6-17(2)18(3)14-20/h4-9,14H,10-13,15H2,1-3H3. The molecule has 2 aromatic carbocycles. The molecular formula is C22H26N2O2. The molecule has 136 valence electrons. The van der Waals surface area contributed by atoms with E-state index >= 15 is 0 Å². The van der Waals surface area contributed by atoms with Crippen molar-refractivity contribution in [2.45, 2.75) is 20.8 Å². The molecule has 0 unspecified atom stereocenters. The van der Waals surface area contributed by atoms with Crippen LogP contribution in [0.4, 0.5) is 0 Å². The lowest BCUT2D eigenvalue weighted by molar-refractivity contribution is 0.0624. The maximum Gasteiger partial charge on any atom is 0.253 e. The summed E-state index contributed by atoms with van der Waals surface area (Å²) in [5, 5.41) is 0. The Labute approximate surface area is 155 Å². The van der Waals surface area contributed by atoms with Crippen molar-refractivity contribution in [3.05, 3.63) is 70.3 Å². The highest BCUT2D eigenvalue weighted by atomic mass is 16.2. The number of nitrogens with zero attached hydrogens (tertiary/aromatic N) is 2. The van der Waals surface area contributed by atoms with Crippen LogP contribution in [0.3, 0.4) is 0 Å². The van der Waals surface area contributed by atoms with Crippen molar-refractivity contribution in [3.63, 3.8) is 0 Å². The summed E-state index contributed by atoms with van der Waals surface area (Å²) in [4.78, 5) is 29.1. The molecule has 1 aliphatic heterocycles. The highest BCUT2D eigenvalue weighted by Gasteiger charge is 2.23. The normalized spacial score (nSPS) is 15.1. The predicted octanol–water partition coefficient (Wildman–Crippen LogP) is 3.25. The average molecular weight is 350 g/mol. The van der Waals surface area contributed by atoms with Gasteiger partial charge in [-0.2, -0.15) is 0 Å². The number of rotatable bonds is 4. The minimum Gasteiger partial charge on any atom is -0.336 e. The van der Waals surface area contributed by atoms with Crippen LogP contribution in [0.15, 0.2) is 42.5 Å². The molecule has 1 saturated heterocycles. The van der Waals surface area contributed by atoms with E-state index in [4.69, 9.17) is 0 Å². The van der Waals surface area contributed by atoms with Crippen molar-refractivity contribution in [2.24, 2.45) is 0 Å². The van der Waals surface area contributed by atoms with Gasteiger partial charge in [0.05, 0.1) is 6.54 Å². The molecule has 4 nitrogen and oxygen atoms in total. The molecule has 0 aromatic heterocycles. The first-order valence-electron chi connectivity index (χ1n) is 9.13. The van der Waals surface area contributed by atoms with Gasteiger partial charge in [0.25, 0.3) is 5.91 Å². The Morgan fingerprint density at radius 2 is 1.42 bits per heavy atom. The smallest absolute Gasteiger partial charge is 0.253 e. The Bertz CT molecular complexity index is 803. The molecule has 0 atom stereocenters. The number of hydrogen-bond donors (Lipinski definition) is 0. The van der Waals surface area contributed by atoms with Crippen LogP contribution < -0.4 is 0 Å². The number of carbonyl (C=O) groups is 2. The molecule has 1 aliphatic rings. The fraction of sp³-hybridized carbons (Fsp3) is 0.364. The number of amides is 1. The Balaban J connectivity index is 1.54. The Morgan fingerprint density at radius 3 is 2.04 bits per heavy atom. The second kappa shape index (κ2) is 7.83. The SMILES string of the molecule is Cc1ccc(C(=O)N2CCN(CC(=O)c3ccc(C)c(C)c3)CC2)cc1. The van der Waals surface area contributed by atoms with Crippen LogP contribution in [-0.2, 0) is 0 Å². The van der Waals surface area contributed by atoms with E-state index in [2.05, 4.69) is 4.90 Å². The maximum absolute atomic E-state index is 12.6. The molecule has 1 heterocycles. The molecule has 0 saturated carbocycles. The average Bonchev–Trinajstić information content (AvgIpc) is 2.64. The van der Waals surface area contributed by atoms with Gasteiger partial charge < -0.3 is 4.90 Å². The van der Waals surface area contributed by atoms with Gasteiger partial charge >= 0.3 is 0 Å². The van der Waals surface area contributed by atoms with Gasteiger partial charge in [-0.1, -0.05) is 29.8 Å². The lowest BCUT2D eigenvalue weighted by atomic mass is 10.0. The topological polar surface area (TPSA) is 40.6 Å². The summed E-state index contributed by atoms with van der Waals surface area (Å²) in [7, 11) is 0. The zero-order valence-electron chi connectivity index (χ0n) is 15.8. The molecule has 0 spiro atoms. The van der Waals surface area contributed by atoms with Crippen LogP contribution in [0.1, 0.15) is 37.4 Å². The molecular weight excluding hydrogens is 324 g/mol. The molecule has 0 bridgehead atoms. The van der Waals surface area contributed by atoms with Crippen LogP contribution in [0.25, 0.3) is 0 Å². The minimum atomic E-state index is 0.0742. The first kappa shape index (κ1) is 18.3. The van der Waals surface area contributed by atoms with Crippen molar-refractivity contribution in [1.29, 1.82) is 0 Å². The quantitative estimate of drug-likeness (QED) is 0.795. The molecule has 3 rings (SSSR count). The van der Waals surface area contributed by atoms with E-state index in [9.17, 15) is 9.59 Å². The summed E-state index contributed by atoms with van der Waals surface area (Å²) in [6, 6.07) is 13.6. The Morgan fingerprint density at radius 1 is 0.808 bits per heavy atom. The number of hydrogen-bond acceptors (Lipinski definition) is 3. The van der Waals surface area contributed by atoms with Gasteiger partial charge in [-0.3, -0.25) is 14.5 Å². The lowest BCUT2D eigenvalue weighted by Crippen LogP contribution is -2.49.